The lowest BCUT2D eigenvalue weighted by atomic mass is 10.2. The molecule has 0 amide bonds. The van der Waals surface area contributed by atoms with E-state index in [1.54, 1.807) is 24.0 Å². The van der Waals surface area contributed by atoms with Crippen LogP contribution in [0.15, 0.2) is 47.6 Å². The first-order valence-corrected chi connectivity index (χ1v) is 10.7. The summed E-state index contributed by atoms with van der Waals surface area (Å²) in [5, 5.41) is 4.20. The van der Waals surface area contributed by atoms with Gasteiger partial charge in [-0.2, -0.15) is 9.40 Å². The van der Waals surface area contributed by atoms with E-state index in [0.717, 1.165) is 5.82 Å². The molecule has 29 heavy (non-hydrogen) atoms. The largest absolute Gasteiger partial charge is 0.354 e. The molecule has 1 aliphatic heterocycles. The van der Waals surface area contributed by atoms with Crippen LogP contribution in [0.4, 0.5) is 10.2 Å². The minimum absolute atomic E-state index is 0.145. The Labute approximate surface area is 168 Å². The van der Waals surface area contributed by atoms with Crippen LogP contribution < -0.4 is 4.90 Å². The number of rotatable bonds is 4. The molecular weight excluding hydrogens is 395 g/mol. The number of sulfonamides is 1. The molecule has 1 fully saturated rings. The Morgan fingerprint density at radius 1 is 1.00 bits per heavy atom. The van der Waals surface area contributed by atoms with Crippen molar-refractivity contribution < 1.29 is 12.8 Å². The molecule has 152 valence electrons. The van der Waals surface area contributed by atoms with Crippen LogP contribution in [0.5, 0.6) is 0 Å². The van der Waals surface area contributed by atoms with Gasteiger partial charge in [-0.15, -0.1) is 0 Å². The molecule has 0 unspecified atom stereocenters. The molecular formula is C19H21FN6O2S. The van der Waals surface area contributed by atoms with Gasteiger partial charge in [0.25, 0.3) is 0 Å². The van der Waals surface area contributed by atoms with Crippen LogP contribution in [0.3, 0.4) is 0 Å². The van der Waals surface area contributed by atoms with E-state index >= 15 is 0 Å². The molecule has 1 saturated heterocycles. The summed E-state index contributed by atoms with van der Waals surface area (Å²) >= 11 is 0. The van der Waals surface area contributed by atoms with Gasteiger partial charge in [0.1, 0.15) is 17.5 Å². The van der Waals surface area contributed by atoms with Crippen LogP contribution in [-0.2, 0) is 10.0 Å². The number of halogens is 1. The normalized spacial score (nSPS) is 15.6. The molecule has 4 rings (SSSR count). The van der Waals surface area contributed by atoms with Crippen molar-refractivity contribution in [3.05, 3.63) is 59.9 Å². The second kappa shape index (κ2) is 7.53. The average molecular weight is 416 g/mol. The molecule has 2 aromatic heterocycles. The van der Waals surface area contributed by atoms with E-state index in [0.29, 0.717) is 43.4 Å². The molecule has 8 nitrogen and oxygen atoms in total. The highest BCUT2D eigenvalue weighted by molar-refractivity contribution is 7.89. The van der Waals surface area contributed by atoms with Gasteiger partial charge in [-0.3, -0.25) is 0 Å². The molecule has 0 atom stereocenters. The number of hydrogen-bond donors (Lipinski definition) is 0. The monoisotopic (exact) mass is 416 g/mol. The summed E-state index contributed by atoms with van der Waals surface area (Å²) in [5.41, 5.74) is 0.405. The average Bonchev–Trinajstić information content (AvgIpc) is 3.22. The zero-order valence-electron chi connectivity index (χ0n) is 16.2. The van der Waals surface area contributed by atoms with E-state index < -0.39 is 15.8 Å². The first-order chi connectivity index (χ1) is 13.8. The van der Waals surface area contributed by atoms with Crippen LogP contribution in [0.2, 0.25) is 0 Å². The smallest absolute Gasteiger partial charge is 0.243 e. The Kier molecular flexibility index (Phi) is 5.05. The van der Waals surface area contributed by atoms with Crippen molar-refractivity contribution in [2.24, 2.45) is 0 Å². The molecule has 1 aromatic carbocycles. The van der Waals surface area contributed by atoms with Crippen molar-refractivity contribution >= 4 is 15.8 Å². The van der Waals surface area contributed by atoms with Gasteiger partial charge in [0.15, 0.2) is 5.82 Å². The summed E-state index contributed by atoms with van der Waals surface area (Å²) in [4.78, 5) is 11.1. The summed E-state index contributed by atoms with van der Waals surface area (Å²) in [6.07, 6.45) is 3.49. The summed E-state index contributed by atoms with van der Waals surface area (Å²) < 4.78 is 42.4. The van der Waals surface area contributed by atoms with Gasteiger partial charge >= 0.3 is 0 Å². The molecule has 0 aliphatic carbocycles. The van der Waals surface area contributed by atoms with Gasteiger partial charge < -0.3 is 4.90 Å². The number of aryl methyl sites for hydroxylation is 2. The SMILES string of the molecule is Cc1nc(N2CCN(S(=O)(=O)c3ccc(F)cc3C)CC2)cc(-n2cccn2)n1. The third kappa shape index (κ3) is 3.85. The minimum Gasteiger partial charge on any atom is -0.354 e. The van der Waals surface area contributed by atoms with Crippen molar-refractivity contribution in [2.45, 2.75) is 18.7 Å². The maximum Gasteiger partial charge on any atom is 0.243 e. The molecule has 1 aliphatic rings. The van der Waals surface area contributed by atoms with Crippen LogP contribution in [0.25, 0.3) is 5.82 Å². The Balaban J connectivity index is 1.53. The maximum atomic E-state index is 13.4. The Morgan fingerprint density at radius 2 is 1.72 bits per heavy atom. The molecule has 0 radical (unpaired) electrons. The van der Waals surface area contributed by atoms with Crippen molar-refractivity contribution in [3.63, 3.8) is 0 Å². The number of nitrogens with zero attached hydrogens (tertiary/aromatic N) is 6. The fourth-order valence-electron chi connectivity index (χ4n) is 3.42. The quantitative estimate of drug-likeness (QED) is 0.646. The van der Waals surface area contributed by atoms with Gasteiger partial charge in [0.2, 0.25) is 10.0 Å². The number of aromatic nitrogens is 4. The molecule has 3 heterocycles. The van der Waals surface area contributed by atoms with E-state index in [-0.39, 0.29) is 4.90 Å². The molecule has 10 heteroatoms. The molecule has 0 spiro atoms. The third-order valence-electron chi connectivity index (χ3n) is 4.87. The molecule has 0 saturated carbocycles. The summed E-state index contributed by atoms with van der Waals surface area (Å²) in [5.74, 6) is 1.57. The third-order valence-corrected chi connectivity index (χ3v) is 6.93. The molecule has 0 N–H and O–H groups in total. The number of piperazine rings is 1. The van der Waals surface area contributed by atoms with Gasteiger partial charge in [-0.1, -0.05) is 0 Å². The van der Waals surface area contributed by atoms with Crippen molar-refractivity contribution in [2.75, 3.05) is 31.1 Å². The predicted octanol–water partition coefficient (Wildman–Crippen LogP) is 1.93. The Hall–Kier alpha value is -2.85. The van der Waals surface area contributed by atoms with Crippen LogP contribution in [0, 0.1) is 19.7 Å². The van der Waals surface area contributed by atoms with Gasteiger partial charge in [-0.05, 0) is 43.7 Å². The number of hydrogen-bond acceptors (Lipinski definition) is 6. The number of anilines is 1. The van der Waals surface area contributed by atoms with E-state index in [1.807, 2.05) is 24.0 Å². The fraction of sp³-hybridized carbons (Fsp3) is 0.316. The predicted molar refractivity (Wildman–Crippen MR) is 106 cm³/mol. The second-order valence-corrected chi connectivity index (χ2v) is 8.79. The van der Waals surface area contributed by atoms with Crippen LogP contribution in [0.1, 0.15) is 11.4 Å². The number of benzene rings is 1. The standard InChI is InChI=1S/C19H21FN6O2S/c1-14-12-16(20)4-5-17(14)29(27,28)25-10-8-24(9-11-25)18-13-19(23-15(2)22-18)26-7-3-6-21-26/h3-7,12-13H,8-11H2,1-2H3. The van der Waals surface area contributed by atoms with Crippen molar-refractivity contribution in [1.29, 1.82) is 0 Å². The lowest BCUT2D eigenvalue weighted by Gasteiger charge is -2.35. The van der Waals surface area contributed by atoms with Crippen LogP contribution in [-0.4, -0.2) is 58.7 Å². The second-order valence-electron chi connectivity index (χ2n) is 6.88. The van der Waals surface area contributed by atoms with Crippen molar-refractivity contribution in [3.8, 4) is 5.82 Å². The maximum absolute atomic E-state index is 13.4. The highest BCUT2D eigenvalue weighted by atomic mass is 32.2. The summed E-state index contributed by atoms with van der Waals surface area (Å²) in [7, 11) is -3.67. The molecule has 0 bridgehead atoms. The molecule has 3 aromatic rings. The first kappa shape index (κ1) is 19.5. The highest BCUT2D eigenvalue weighted by Crippen LogP contribution is 2.24. The topological polar surface area (TPSA) is 84.2 Å². The lowest BCUT2D eigenvalue weighted by molar-refractivity contribution is 0.383. The van der Waals surface area contributed by atoms with E-state index in [4.69, 9.17) is 0 Å². The lowest BCUT2D eigenvalue weighted by Crippen LogP contribution is -2.49. The summed E-state index contributed by atoms with van der Waals surface area (Å²) in [6, 6.07) is 7.41. The van der Waals surface area contributed by atoms with Gasteiger partial charge in [-0.25, -0.2) is 27.5 Å². The van der Waals surface area contributed by atoms with E-state index in [1.165, 1.54) is 22.5 Å². The Morgan fingerprint density at radius 3 is 2.38 bits per heavy atom. The van der Waals surface area contributed by atoms with Gasteiger partial charge in [0, 0.05) is 44.6 Å². The van der Waals surface area contributed by atoms with Gasteiger partial charge in [0.05, 0.1) is 4.90 Å². The minimum atomic E-state index is -3.67. The van der Waals surface area contributed by atoms with Crippen LogP contribution >= 0.6 is 0 Å². The van der Waals surface area contributed by atoms with Crippen molar-refractivity contribution in [1.82, 2.24) is 24.1 Å². The van der Waals surface area contributed by atoms with E-state index in [2.05, 4.69) is 15.1 Å². The Bertz CT molecular complexity index is 1130. The van der Waals surface area contributed by atoms with E-state index in [9.17, 15) is 12.8 Å². The first-order valence-electron chi connectivity index (χ1n) is 9.21. The zero-order valence-corrected chi connectivity index (χ0v) is 17.0. The highest BCUT2D eigenvalue weighted by Gasteiger charge is 2.30. The summed E-state index contributed by atoms with van der Waals surface area (Å²) in [6.45, 7) is 5.04. The fourth-order valence-corrected chi connectivity index (χ4v) is 5.05. The zero-order chi connectivity index (χ0) is 20.6.